The Kier molecular flexibility index (Phi) is 7.97. The number of amides is 1. The highest BCUT2D eigenvalue weighted by Gasteiger charge is 2.24. The molecule has 27 heavy (non-hydrogen) atoms. The smallest absolute Gasteiger partial charge is 0.242 e. The SMILES string of the molecule is COCCCN(CC(=O)N(Cc1ccccc1)c1ccccc1)S(C)(=O)=O. The summed E-state index contributed by atoms with van der Waals surface area (Å²) in [5.74, 6) is -0.270. The van der Waals surface area contributed by atoms with Crippen molar-refractivity contribution in [2.75, 3.05) is 38.0 Å². The van der Waals surface area contributed by atoms with E-state index in [4.69, 9.17) is 4.74 Å². The van der Waals surface area contributed by atoms with Crippen molar-refractivity contribution >= 4 is 21.6 Å². The minimum atomic E-state index is -3.50. The molecule has 0 aliphatic carbocycles. The van der Waals surface area contributed by atoms with Crippen LogP contribution in [0.3, 0.4) is 0 Å². The molecule has 0 bridgehead atoms. The summed E-state index contributed by atoms with van der Waals surface area (Å²) in [6.45, 7) is 0.850. The van der Waals surface area contributed by atoms with Crippen LogP contribution in [-0.4, -0.2) is 51.7 Å². The van der Waals surface area contributed by atoms with Crippen molar-refractivity contribution in [1.29, 1.82) is 0 Å². The van der Waals surface area contributed by atoms with Gasteiger partial charge in [0, 0.05) is 25.9 Å². The van der Waals surface area contributed by atoms with Gasteiger partial charge in [0.05, 0.1) is 19.3 Å². The highest BCUT2D eigenvalue weighted by Crippen LogP contribution is 2.18. The van der Waals surface area contributed by atoms with Crippen LogP contribution < -0.4 is 4.90 Å². The average molecular weight is 391 g/mol. The summed E-state index contributed by atoms with van der Waals surface area (Å²) in [5, 5.41) is 0. The second-order valence-corrected chi connectivity index (χ2v) is 8.23. The zero-order valence-corrected chi connectivity index (χ0v) is 16.6. The van der Waals surface area contributed by atoms with Crippen molar-refractivity contribution < 1.29 is 17.9 Å². The normalized spacial score (nSPS) is 11.5. The molecule has 7 heteroatoms. The lowest BCUT2D eigenvalue weighted by Gasteiger charge is -2.26. The van der Waals surface area contributed by atoms with E-state index in [-0.39, 0.29) is 19.0 Å². The van der Waals surface area contributed by atoms with Crippen LogP contribution in [0.15, 0.2) is 60.7 Å². The molecule has 6 nitrogen and oxygen atoms in total. The Morgan fingerprint density at radius 2 is 1.59 bits per heavy atom. The Morgan fingerprint density at radius 3 is 2.15 bits per heavy atom. The van der Waals surface area contributed by atoms with Crippen LogP contribution in [0, 0.1) is 0 Å². The first-order chi connectivity index (χ1) is 12.9. The molecule has 0 saturated heterocycles. The van der Waals surface area contributed by atoms with Gasteiger partial charge in [0.2, 0.25) is 15.9 Å². The summed E-state index contributed by atoms with van der Waals surface area (Å²) in [6.07, 6.45) is 1.65. The molecule has 0 radical (unpaired) electrons. The molecular weight excluding hydrogens is 364 g/mol. The first kappa shape index (κ1) is 21.1. The standard InChI is InChI=1S/C20H26N2O4S/c1-26-15-9-14-21(27(2,24)25)17-20(23)22(19-12-7-4-8-13-19)16-18-10-5-3-6-11-18/h3-8,10-13H,9,14-17H2,1-2H3. The summed E-state index contributed by atoms with van der Waals surface area (Å²) in [5.41, 5.74) is 1.71. The predicted octanol–water partition coefficient (Wildman–Crippen LogP) is 2.52. The second kappa shape index (κ2) is 10.2. The van der Waals surface area contributed by atoms with Gasteiger partial charge in [0.25, 0.3) is 0 Å². The van der Waals surface area contributed by atoms with Crippen LogP contribution in [0.1, 0.15) is 12.0 Å². The van der Waals surface area contributed by atoms with Gasteiger partial charge in [-0.25, -0.2) is 8.42 Å². The van der Waals surface area contributed by atoms with E-state index in [1.54, 1.807) is 12.0 Å². The molecule has 0 spiro atoms. The van der Waals surface area contributed by atoms with Gasteiger partial charge in [-0.3, -0.25) is 4.79 Å². The third kappa shape index (κ3) is 6.78. The molecule has 0 unspecified atom stereocenters. The number of anilines is 1. The molecule has 0 atom stereocenters. The average Bonchev–Trinajstić information content (AvgIpc) is 2.66. The summed E-state index contributed by atoms with van der Waals surface area (Å²) >= 11 is 0. The largest absolute Gasteiger partial charge is 0.385 e. The fourth-order valence-electron chi connectivity index (χ4n) is 2.68. The fraction of sp³-hybridized carbons (Fsp3) is 0.350. The number of hydrogen-bond acceptors (Lipinski definition) is 4. The number of rotatable bonds is 10. The summed E-state index contributed by atoms with van der Waals surface area (Å²) in [7, 11) is -1.94. The molecule has 2 aromatic rings. The zero-order valence-electron chi connectivity index (χ0n) is 15.7. The highest BCUT2D eigenvalue weighted by atomic mass is 32.2. The third-order valence-corrected chi connectivity index (χ3v) is 5.34. The van der Waals surface area contributed by atoms with E-state index in [1.807, 2.05) is 60.7 Å². The predicted molar refractivity (Wildman–Crippen MR) is 107 cm³/mol. The molecule has 0 aromatic heterocycles. The molecule has 0 heterocycles. The molecule has 0 saturated carbocycles. The van der Waals surface area contributed by atoms with Crippen LogP contribution in [0.2, 0.25) is 0 Å². The Labute approximate surface area is 161 Å². The van der Waals surface area contributed by atoms with Gasteiger partial charge in [-0.05, 0) is 24.1 Å². The van der Waals surface area contributed by atoms with E-state index in [2.05, 4.69) is 0 Å². The number of nitrogens with zero attached hydrogens (tertiary/aromatic N) is 2. The van der Waals surface area contributed by atoms with E-state index >= 15 is 0 Å². The number of para-hydroxylation sites is 1. The third-order valence-electron chi connectivity index (χ3n) is 4.09. The fourth-order valence-corrected chi connectivity index (χ4v) is 3.49. The lowest BCUT2D eigenvalue weighted by Crippen LogP contribution is -2.43. The minimum Gasteiger partial charge on any atom is -0.385 e. The molecule has 1 amide bonds. The van der Waals surface area contributed by atoms with Crippen molar-refractivity contribution in [2.24, 2.45) is 0 Å². The summed E-state index contributed by atoms with van der Waals surface area (Å²) < 4.78 is 30.4. The van der Waals surface area contributed by atoms with Gasteiger partial charge in [-0.15, -0.1) is 0 Å². The van der Waals surface area contributed by atoms with E-state index < -0.39 is 10.0 Å². The number of carbonyl (C=O) groups is 1. The van der Waals surface area contributed by atoms with Crippen LogP contribution in [0.4, 0.5) is 5.69 Å². The Bertz CT molecular complexity index is 810. The van der Waals surface area contributed by atoms with Gasteiger partial charge in [0.1, 0.15) is 0 Å². The van der Waals surface area contributed by atoms with Crippen LogP contribution in [0.5, 0.6) is 0 Å². The van der Waals surface area contributed by atoms with Crippen molar-refractivity contribution in [3.8, 4) is 0 Å². The number of hydrogen-bond donors (Lipinski definition) is 0. The summed E-state index contributed by atoms with van der Waals surface area (Å²) in [6, 6.07) is 18.9. The van der Waals surface area contributed by atoms with Gasteiger partial charge in [0.15, 0.2) is 0 Å². The van der Waals surface area contributed by atoms with Gasteiger partial charge < -0.3 is 9.64 Å². The zero-order chi connectivity index (χ0) is 19.7. The highest BCUT2D eigenvalue weighted by molar-refractivity contribution is 7.88. The second-order valence-electron chi connectivity index (χ2n) is 6.24. The maximum absolute atomic E-state index is 13.0. The monoisotopic (exact) mass is 390 g/mol. The first-order valence-electron chi connectivity index (χ1n) is 8.75. The van der Waals surface area contributed by atoms with Crippen molar-refractivity contribution in [3.05, 3.63) is 66.2 Å². The number of ether oxygens (including phenoxy) is 1. The molecule has 2 aromatic carbocycles. The molecule has 146 valence electrons. The topological polar surface area (TPSA) is 66.9 Å². The number of carbonyl (C=O) groups excluding carboxylic acids is 1. The van der Waals surface area contributed by atoms with Crippen molar-refractivity contribution in [3.63, 3.8) is 0 Å². The van der Waals surface area contributed by atoms with Crippen molar-refractivity contribution in [1.82, 2.24) is 4.31 Å². The maximum Gasteiger partial charge on any atom is 0.242 e. The lowest BCUT2D eigenvalue weighted by atomic mass is 10.2. The molecule has 0 fully saturated rings. The van der Waals surface area contributed by atoms with Gasteiger partial charge >= 0.3 is 0 Å². The lowest BCUT2D eigenvalue weighted by molar-refractivity contribution is -0.119. The Balaban J connectivity index is 2.21. The van der Waals surface area contributed by atoms with E-state index in [0.29, 0.717) is 19.6 Å². The molecule has 2 rings (SSSR count). The van der Waals surface area contributed by atoms with Gasteiger partial charge in [-0.2, -0.15) is 4.31 Å². The number of sulfonamides is 1. The van der Waals surface area contributed by atoms with Crippen LogP contribution in [-0.2, 0) is 26.1 Å². The van der Waals surface area contributed by atoms with Crippen LogP contribution >= 0.6 is 0 Å². The Morgan fingerprint density at radius 1 is 1.00 bits per heavy atom. The van der Waals surface area contributed by atoms with Crippen molar-refractivity contribution in [2.45, 2.75) is 13.0 Å². The van der Waals surface area contributed by atoms with Gasteiger partial charge in [-0.1, -0.05) is 48.5 Å². The Hall–Kier alpha value is -2.22. The molecular formula is C20H26N2O4S. The van der Waals surface area contributed by atoms with E-state index in [1.165, 1.54) is 4.31 Å². The molecule has 0 aliphatic rings. The molecule has 0 N–H and O–H groups in total. The number of methoxy groups -OCH3 is 1. The van der Waals surface area contributed by atoms with E-state index in [0.717, 1.165) is 17.5 Å². The maximum atomic E-state index is 13.0. The quantitative estimate of drug-likeness (QED) is 0.585. The minimum absolute atomic E-state index is 0.204. The van der Waals surface area contributed by atoms with Crippen LogP contribution in [0.25, 0.3) is 0 Å². The molecule has 0 aliphatic heterocycles. The van der Waals surface area contributed by atoms with E-state index in [9.17, 15) is 13.2 Å². The number of benzene rings is 2. The summed E-state index contributed by atoms with van der Waals surface area (Å²) in [4.78, 5) is 14.6. The first-order valence-corrected chi connectivity index (χ1v) is 10.6.